The molecule has 140 valence electrons. The standard InChI is InChI=1S/C16H15N5O6/c1-8(14-19-16(23)21-20-14)17-15(22)10-5-25-13(18-10)6-24-9-2-3-11-12(4-9)27-7-26-11/h2-5,8H,6-7H2,1H3,(H,17,22)(H2,19,20,21,23). The Morgan fingerprint density at radius 3 is 3.04 bits per heavy atom. The van der Waals surface area contributed by atoms with E-state index in [9.17, 15) is 9.59 Å². The Kier molecular flexibility index (Phi) is 4.24. The summed E-state index contributed by atoms with van der Waals surface area (Å²) < 4.78 is 21.4. The van der Waals surface area contributed by atoms with Crippen molar-refractivity contribution in [3.63, 3.8) is 0 Å². The van der Waals surface area contributed by atoms with E-state index in [1.54, 1.807) is 25.1 Å². The molecule has 2 aromatic heterocycles. The molecule has 11 nitrogen and oxygen atoms in total. The Labute approximate surface area is 151 Å². The van der Waals surface area contributed by atoms with E-state index < -0.39 is 17.6 Å². The Hall–Kier alpha value is -3.76. The Balaban J connectivity index is 1.35. The van der Waals surface area contributed by atoms with Crippen LogP contribution in [0.1, 0.15) is 35.2 Å². The summed E-state index contributed by atoms with van der Waals surface area (Å²) >= 11 is 0. The van der Waals surface area contributed by atoms with Gasteiger partial charge in [-0.15, -0.1) is 0 Å². The zero-order valence-corrected chi connectivity index (χ0v) is 14.1. The van der Waals surface area contributed by atoms with Gasteiger partial charge in [-0.05, 0) is 19.1 Å². The van der Waals surface area contributed by atoms with Crippen molar-refractivity contribution in [1.29, 1.82) is 0 Å². The van der Waals surface area contributed by atoms with Gasteiger partial charge in [0.2, 0.25) is 12.7 Å². The molecule has 4 rings (SSSR count). The van der Waals surface area contributed by atoms with E-state index in [-0.39, 0.29) is 25.0 Å². The van der Waals surface area contributed by atoms with E-state index in [1.165, 1.54) is 6.26 Å². The summed E-state index contributed by atoms with van der Waals surface area (Å²) in [5.74, 6) is 1.89. The second kappa shape index (κ2) is 6.86. The molecule has 0 aliphatic carbocycles. The molecule has 1 atom stereocenters. The Morgan fingerprint density at radius 2 is 2.22 bits per heavy atom. The SMILES string of the molecule is CC(NC(=O)c1coc(COc2ccc3c(c2)OCO3)n1)c1n[nH]c(=O)[nH]1. The van der Waals surface area contributed by atoms with E-state index >= 15 is 0 Å². The van der Waals surface area contributed by atoms with Crippen LogP contribution in [0.4, 0.5) is 0 Å². The highest BCUT2D eigenvalue weighted by Crippen LogP contribution is 2.35. The minimum Gasteiger partial charge on any atom is -0.484 e. The van der Waals surface area contributed by atoms with Gasteiger partial charge in [0.05, 0.1) is 6.04 Å². The van der Waals surface area contributed by atoms with Gasteiger partial charge in [0.1, 0.15) is 12.0 Å². The number of rotatable bonds is 6. The van der Waals surface area contributed by atoms with Gasteiger partial charge in [-0.2, -0.15) is 5.10 Å². The van der Waals surface area contributed by atoms with Crippen LogP contribution < -0.4 is 25.2 Å². The summed E-state index contributed by atoms with van der Waals surface area (Å²) in [5.41, 5.74) is -0.362. The molecular weight excluding hydrogens is 358 g/mol. The van der Waals surface area contributed by atoms with Crippen LogP contribution in [-0.2, 0) is 6.61 Å². The fraction of sp³-hybridized carbons (Fsp3) is 0.250. The lowest BCUT2D eigenvalue weighted by atomic mass is 10.3. The van der Waals surface area contributed by atoms with Crippen LogP contribution in [0.2, 0.25) is 0 Å². The zero-order valence-electron chi connectivity index (χ0n) is 14.1. The molecule has 11 heteroatoms. The van der Waals surface area contributed by atoms with Gasteiger partial charge in [-0.3, -0.25) is 9.78 Å². The number of nitrogens with one attached hydrogen (secondary N) is 3. The normalized spacial score (nSPS) is 13.4. The molecule has 0 radical (unpaired) electrons. The summed E-state index contributed by atoms with van der Waals surface area (Å²) in [7, 11) is 0. The number of carbonyl (C=O) groups is 1. The third-order valence-corrected chi connectivity index (χ3v) is 3.77. The van der Waals surface area contributed by atoms with E-state index in [0.717, 1.165) is 0 Å². The van der Waals surface area contributed by atoms with E-state index in [0.29, 0.717) is 23.1 Å². The van der Waals surface area contributed by atoms with Crippen LogP contribution >= 0.6 is 0 Å². The summed E-state index contributed by atoms with van der Waals surface area (Å²) in [5, 5.41) is 8.66. The lowest BCUT2D eigenvalue weighted by molar-refractivity contribution is 0.0933. The number of carbonyl (C=O) groups excluding carboxylic acids is 1. The van der Waals surface area contributed by atoms with Crippen molar-refractivity contribution < 1.29 is 23.4 Å². The summed E-state index contributed by atoms with van der Waals surface area (Å²) in [6, 6.07) is 4.66. The Morgan fingerprint density at radius 1 is 1.37 bits per heavy atom. The number of nitrogens with zero attached hydrogens (tertiary/aromatic N) is 2. The molecule has 1 aromatic carbocycles. The highest BCUT2D eigenvalue weighted by atomic mass is 16.7. The molecule has 1 unspecified atom stereocenters. The first-order valence-electron chi connectivity index (χ1n) is 8.01. The van der Waals surface area contributed by atoms with Crippen molar-refractivity contribution in [3.8, 4) is 17.2 Å². The predicted octanol–water partition coefficient (Wildman–Crippen LogP) is 0.885. The van der Waals surface area contributed by atoms with E-state index in [2.05, 4.69) is 25.5 Å². The van der Waals surface area contributed by atoms with Crippen LogP contribution in [-0.4, -0.2) is 32.9 Å². The number of H-pyrrole nitrogens is 2. The minimum atomic E-state index is -0.513. The lowest BCUT2D eigenvalue weighted by Crippen LogP contribution is -2.28. The van der Waals surface area contributed by atoms with Crippen molar-refractivity contribution in [2.24, 2.45) is 0 Å². The second-order valence-electron chi connectivity index (χ2n) is 5.69. The summed E-state index contributed by atoms with van der Waals surface area (Å²) in [4.78, 5) is 29.8. The van der Waals surface area contributed by atoms with Crippen LogP contribution in [0.3, 0.4) is 0 Å². The number of hydrogen-bond acceptors (Lipinski definition) is 8. The van der Waals surface area contributed by atoms with Crippen LogP contribution in [0.25, 0.3) is 0 Å². The highest BCUT2D eigenvalue weighted by Gasteiger charge is 2.18. The molecule has 3 heterocycles. The largest absolute Gasteiger partial charge is 0.484 e. The number of ether oxygens (including phenoxy) is 3. The van der Waals surface area contributed by atoms with Gasteiger partial charge in [0.25, 0.3) is 5.91 Å². The number of aromatic nitrogens is 4. The molecule has 0 saturated carbocycles. The third kappa shape index (κ3) is 3.61. The second-order valence-corrected chi connectivity index (χ2v) is 5.69. The molecule has 3 N–H and O–H groups in total. The van der Waals surface area contributed by atoms with Gasteiger partial charge in [0, 0.05) is 6.07 Å². The van der Waals surface area contributed by atoms with Gasteiger partial charge in [-0.1, -0.05) is 0 Å². The van der Waals surface area contributed by atoms with Gasteiger partial charge in [0.15, 0.2) is 29.6 Å². The fourth-order valence-corrected chi connectivity index (χ4v) is 2.42. The molecule has 1 aliphatic rings. The van der Waals surface area contributed by atoms with Crippen molar-refractivity contribution >= 4 is 5.91 Å². The molecule has 0 spiro atoms. The average Bonchev–Trinajstić information content (AvgIpc) is 3.39. The number of oxazole rings is 1. The molecule has 1 amide bonds. The van der Waals surface area contributed by atoms with Gasteiger partial charge < -0.3 is 23.9 Å². The molecule has 0 saturated heterocycles. The molecule has 27 heavy (non-hydrogen) atoms. The van der Waals surface area contributed by atoms with Crippen molar-refractivity contribution in [3.05, 3.63) is 52.4 Å². The first kappa shape index (κ1) is 16.7. The number of amides is 1. The predicted molar refractivity (Wildman–Crippen MR) is 88.5 cm³/mol. The van der Waals surface area contributed by atoms with E-state index in [4.69, 9.17) is 18.6 Å². The number of fused-ring (bicyclic) bond motifs is 1. The molecular formula is C16H15N5O6. The molecule has 0 fully saturated rings. The van der Waals surface area contributed by atoms with Gasteiger partial charge in [-0.25, -0.2) is 14.9 Å². The first-order chi connectivity index (χ1) is 13.1. The lowest BCUT2D eigenvalue weighted by Gasteiger charge is -2.08. The van der Waals surface area contributed by atoms with Crippen molar-refractivity contribution in [1.82, 2.24) is 25.5 Å². The fourth-order valence-electron chi connectivity index (χ4n) is 2.42. The maximum atomic E-state index is 12.2. The number of aromatic amines is 2. The average molecular weight is 373 g/mol. The number of benzene rings is 1. The summed E-state index contributed by atoms with van der Waals surface area (Å²) in [6.45, 7) is 1.89. The van der Waals surface area contributed by atoms with Crippen LogP contribution in [0.5, 0.6) is 17.2 Å². The van der Waals surface area contributed by atoms with Gasteiger partial charge >= 0.3 is 5.69 Å². The monoisotopic (exact) mass is 373 g/mol. The topological polar surface area (TPSA) is 144 Å². The van der Waals surface area contributed by atoms with Crippen LogP contribution in [0, 0.1) is 0 Å². The number of hydrogen-bond donors (Lipinski definition) is 3. The maximum Gasteiger partial charge on any atom is 0.340 e. The summed E-state index contributed by atoms with van der Waals surface area (Å²) in [6.07, 6.45) is 1.23. The van der Waals surface area contributed by atoms with Crippen molar-refractivity contribution in [2.75, 3.05) is 6.79 Å². The quantitative estimate of drug-likeness (QED) is 0.578. The van der Waals surface area contributed by atoms with Crippen molar-refractivity contribution in [2.45, 2.75) is 19.6 Å². The minimum absolute atomic E-state index is 0.0369. The highest BCUT2D eigenvalue weighted by molar-refractivity contribution is 5.92. The third-order valence-electron chi connectivity index (χ3n) is 3.77. The zero-order chi connectivity index (χ0) is 18.8. The smallest absolute Gasteiger partial charge is 0.340 e. The molecule has 3 aromatic rings. The Bertz CT molecular complexity index is 1020. The van der Waals surface area contributed by atoms with E-state index in [1.807, 2.05) is 0 Å². The maximum absolute atomic E-state index is 12.2. The molecule has 0 bridgehead atoms. The first-order valence-corrected chi connectivity index (χ1v) is 8.01. The molecule has 1 aliphatic heterocycles. The van der Waals surface area contributed by atoms with Crippen LogP contribution in [0.15, 0.2) is 33.7 Å².